The molecule has 0 radical (unpaired) electrons. The number of carbonyl (C=O) groups excluding carboxylic acids is 2. The van der Waals surface area contributed by atoms with Crippen LogP contribution in [0, 0.1) is 5.92 Å². The maximum absolute atomic E-state index is 12.8. The smallest absolute Gasteiger partial charge is 0.308 e. The van der Waals surface area contributed by atoms with Crippen LogP contribution in [0.5, 0.6) is 0 Å². The molecule has 3 unspecified atom stereocenters. The molecule has 1 aliphatic rings. The van der Waals surface area contributed by atoms with Gasteiger partial charge in [-0.2, -0.15) is 0 Å². The zero-order chi connectivity index (χ0) is 20.6. The first-order valence-corrected chi connectivity index (χ1v) is 10.2. The summed E-state index contributed by atoms with van der Waals surface area (Å²) in [5.41, 5.74) is 2.14. The van der Waals surface area contributed by atoms with Gasteiger partial charge in [0, 0.05) is 6.54 Å². The fourth-order valence-corrected chi connectivity index (χ4v) is 3.77. The number of nitrogens with zero attached hydrogens (tertiary/aromatic N) is 1. The standard InChI is InChI=1S/C24H29NO4/c1-3-28-24(27)18(2)14-21-22(29-17-20-12-8-5-9-13-20)15-23(26)25(21)16-19-10-6-4-7-11-19/h4-13,18,21-22H,3,14-17H2,1-2H3. The molecule has 3 atom stereocenters. The quantitative estimate of drug-likeness (QED) is 0.603. The van der Waals surface area contributed by atoms with E-state index in [-0.39, 0.29) is 29.9 Å². The third-order valence-corrected chi connectivity index (χ3v) is 5.31. The summed E-state index contributed by atoms with van der Waals surface area (Å²) in [6, 6.07) is 19.7. The van der Waals surface area contributed by atoms with Crippen LogP contribution in [0.1, 0.15) is 37.8 Å². The molecule has 5 heteroatoms. The molecule has 0 N–H and O–H groups in total. The number of hydrogen-bond acceptors (Lipinski definition) is 4. The number of ether oxygens (including phenoxy) is 2. The number of likely N-dealkylation sites (tertiary alicyclic amines) is 1. The van der Waals surface area contributed by atoms with Gasteiger partial charge >= 0.3 is 5.97 Å². The van der Waals surface area contributed by atoms with Crippen LogP contribution in [-0.4, -0.2) is 35.5 Å². The molecule has 1 saturated heterocycles. The molecule has 0 aliphatic carbocycles. The molecule has 3 rings (SSSR count). The van der Waals surface area contributed by atoms with Gasteiger partial charge in [0.05, 0.1) is 37.7 Å². The van der Waals surface area contributed by atoms with Crippen LogP contribution < -0.4 is 0 Å². The van der Waals surface area contributed by atoms with E-state index < -0.39 is 0 Å². The van der Waals surface area contributed by atoms with Crippen molar-refractivity contribution in [2.75, 3.05) is 6.61 Å². The van der Waals surface area contributed by atoms with Crippen molar-refractivity contribution >= 4 is 11.9 Å². The van der Waals surface area contributed by atoms with E-state index in [1.165, 1.54) is 0 Å². The second-order valence-corrected chi connectivity index (χ2v) is 7.50. The van der Waals surface area contributed by atoms with Crippen molar-refractivity contribution in [3.8, 4) is 0 Å². The maximum atomic E-state index is 12.8. The minimum absolute atomic E-state index is 0.0629. The van der Waals surface area contributed by atoms with E-state index in [4.69, 9.17) is 9.47 Å². The number of esters is 1. The predicted octanol–water partition coefficient (Wildman–Crippen LogP) is 3.96. The van der Waals surface area contributed by atoms with Crippen LogP contribution in [0.2, 0.25) is 0 Å². The molecule has 2 aromatic carbocycles. The minimum Gasteiger partial charge on any atom is -0.466 e. The van der Waals surface area contributed by atoms with E-state index in [2.05, 4.69) is 0 Å². The highest BCUT2D eigenvalue weighted by molar-refractivity contribution is 5.80. The van der Waals surface area contributed by atoms with Crippen molar-refractivity contribution in [1.29, 1.82) is 0 Å². The van der Waals surface area contributed by atoms with Gasteiger partial charge in [0.1, 0.15) is 0 Å². The molecule has 0 spiro atoms. The summed E-state index contributed by atoms with van der Waals surface area (Å²) >= 11 is 0. The molecule has 1 heterocycles. The van der Waals surface area contributed by atoms with Gasteiger partial charge in [0.25, 0.3) is 0 Å². The summed E-state index contributed by atoms with van der Waals surface area (Å²) in [5, 5.41) is 0. The summed E-state index contributed by atoms with van der Waals surface area (Å²) in [6.07, 6.45) is 0.611. The topological polar surface area (TPSA) is 55.8 Å². The molecule has 0 saturated carbocycles. The number of benzene rings is 2. The van der Waals surface area contributed by atoms with Crippen molar-refractivity contribution in [3.05, 3.63) is 71.8 Å². The maximum Gasteiger partial charge on any atom is 0.308 e. The highest BCUT2D eigenvalue weighted by Gasteiger charge is 2.41. The summed E-state index contributed by atoms with van der Waals surface area (Å²) in [6.45, 7) is 4.98. The lowest BCUT2D eigenvalue weighted by molar-refractivity contribution is -0.148. The van der Waals surface area contributed by atoms with Gasteiger partial charge in [-0.1, -0.05) is 67.6 Å². The Labute approximate surface area is 172 Å². The Morgan fingerprint density at radius 2 is 1.69 bits per heavy atom. The first kappa shape index (κ1) is 21.1. The van der Waals surface area contributed by atoms with Gasteiger partial charge in [-0.25, -0.2) is 0 Å². The van der Waals surface area contributed by atoms with Crippen LogP contribution in [0.25, 0.3) is 0 Å². The highest BCUT2D eigenvalue weighted by atomic mass is 16.5. The SMILES string of the molecule is CCOC(=O)C(C)CC1C(OCc2ccccc2)CC(=O)N1Cc1ccccc1. The van der Waals surface area contributed by atoms with E-state index in [0.717, 1.165) is 11.1 Å². The van der Waals surface area contributed by atoms with Crippen molar-refractivity contribution in [1.82, 2.24) is 4.90 Å². The zero-order valence-electron chi connectivity index (χ0n) is 17.1. The Hall–Kier alpha value is -2.66. The largest absolute Gasteiger partial charge is 0.466 e. The van der Waals surface area contributed by atoms with Crippen LogP contribution in [0.4, 0.5) is 0 Å². The second-order valence-electron chi connectivity index (χ2n) is 7.50. The van der Waals surface area contributed by atoms with E-state index in [9.17, 15) is 9.59 Å². The van der Waals surface area contributed by atoms with Crippen LogP contribution in [-0.2, 0) is 32.2 Å². The van der Waals surface area contributed by atoms with Gasteiger partial charge < -0.3 is 14.4 Å². The van der Waals surface area contributed by atoms with Crippen molar-refractivity contribution < 1.29 is 19.1 Å². The van der Waals surface area contributed by atoms with Crippen LogP contribution in [0.3, 0.4) is 0 Å². The lowest BCUT2D eigenvalue weighted by Crippen LogP contribution is -2.40. The summed E-state index contributed by atoms with van der Waals surface area (Å²) in [7, 11) is 0. The normalized spacial score (nSPS) is 19.9. The highest BCUT2D eigenvalue weighted by Crippen LogP contribution is 2.30. The minimum atomic E-state index is -0.299. The third kappa shape index (κ3) is 5.67. The van der Waals surface area contributed by atoms with E-state index in [1.54, 1.807) is 6.92 Å². The summed E-state index contributed by atoms with van der Waals surface area (Å²) < 4.78 is 11.3. The Morgan fingerprint density at radius 3 is 2.31 bits per heavy atom. The Morgan fingerprint density at radius 1 is 1.07 bits per heavy atom. The summed E-state index contributed by atoms with van der Waals surface area (Å²) in [5.74, 6) is -0.465. The van der Waals surface area contributed by atoms with Gasteiger partial charge in [0.2, 0.25) is 5.91 Å². The molecule has 1 aliphatic heterocycles. The lowest BCUT2D eigenvalue weighted by atomic mass is 9.97. The molecular formula is C24H29NO4. The average molecular weight is 395 g/mol. The molecule has 154 valence electrons. The predicted molar refractivity (Wildman–Crippen MR) is 111 cm³/mol. The number of rotatable bonds is 9. The van der Waals surface area contributed by atoms with Gasteiger partial charge in [-0.05, 0) is 24.5 Å². The second kappa shape index (κ2) is 10.2. The Kier molecular flexibility index (Phi) is 7.42. The molecule has 2 aromatic rings. The van der Waals surface area contributed by atoms with Gasteiger partial charge in [-0.3, -0.25) is 9.59 Å². The van der Waals surface area contributed by atoms with Gasteiger partial charge in [0.15, 0.2) is 0 Å². The monoisotopic (exact) mass is 395 g/mol. The number of carbonyl (C=O) groups is 2. The fraction of sp³-hybridized carbons (Fsp3) is 0.417. The van der Waals surface area contributed by atoms with Crippen molar-refractivity contribution in [3.63, 3.8) is 0 Å². The average Bonchev–Trinajstić information content (AvgIpc) is 3.02. The van der Waals surface area contributed by atoms with E-state index >= 15 is 0 Å². The third-order valence-electron chi connectivity index (χ3n) is 5.31. The Bertz CT molecular complexity index is 793. The van der Waals surface area contributed by atoms with Crippen LogP contribution >= 0.6 is 0 Å². The molecule has 5 nitrogen and oxygen atoms in total. The number of hydrogen-bond donors (Lipinski definition) is 0. The first-order chi connectivity index (χ1) is 14.1. The molecule has 0 aromatic heterocycles. The first-order valence-electron chi connectivity index (χ1n) is 10.2. The van der Waals surface area contributed by atoms with Crippen LogP contribution in [0.15, 0.2) is 60.7 Å². The Balaban J connectivity index is 1.74. The molecule has 1 amide bonds. The fourth-order valence-electron chi connectivity index (χ4n) is 3.77. The summed E-state index contributed by atoms with van der Waals surface area (Å²) in [4.78, 5) is 26.9. The number of amides is 1. The van der Waals surface area contributed by atoms with Crippen molar-refractivity contribution in [2.24, 2.45) is 5.92 Å². The van der Waals surface area contributed by atoms with E-state index in [0.29, 0.717) is 32.6 Å². The lowest BCUT2D eigenvalue weighted by Gasteiger charge is -2.30. The molecule has 1 fully saturated rings. The zero-order valence-corrected chi connectivity index (χ0v) is 17.1. The molecule has 0 bridgehead atoms. The molecule has 29 heavy (non-hydrogen) atoms. The van der Waals surface area contributed by atoms with Crippen molar-refractivity contribution in [2.45, 2.75) is 52.0 Å². The molecular weight excluding hydrogens is 366 g/mol. The van der Waals surface area contributed by atoms with E-state index in [1.807, 2.05) is 72.5 Å². The van der Waals surface area contributed by atoms with Gasteiger partial charge in [-0.15, -0.1) is 0 Å².